The summed E-state index contributed by atoms with van der Waals surface area (Å²) in [4.78, 5) is 30.5. The molecular weight excluding hydrogens is 478 g/mol. The summed E-state index contributed by atoms with van der Waals surface area (Å²) in [6.07, 6.45) is 1.44. The van der Waals surface area contributed by atoms with E-state index in [0.29, 0.717) is 10.6 Å². The second-order valence-electron chi connectivity index (χ2n) is 6.61. The van der Waals surface area contributed by atoms with Crippen LogP contribution < -0.4 is 14.2 Å². The smallest absolute Gasteiger partial charge is 0.280 e. The van der Waals surface area contributed by atoms with E-state index in [9.17, 15) is 18.0 Å². The van der Waals surface area contributed by atoms with E-state index in [1.807, 2.05) is 0 Å². The molecule has 166 valence electrons. The topological polar surface area (TPSA) is 115 Å². The van der Waals surface area contributed by atoms with Crippen molar-refractivity contribution in [1.82, 2.24) is 9.88 Å². The van der Waals surface area contributed by atoms with Crippen LogP contribution in [0.2, 0.25) is 5.02 Å². The highest BCUT2D eigenvalue weighted by Crippen LogP contribution is 2.39. The number of fused-ring (bicyclic) bond motifs is 1. The molecule has 0 atom stereocenters. The fraction of sp³-hybridized carbons (Fsp3) is 0.150. The van der Waals surface area contributed by atoms with Crippen molar-refractivity contribution in [3.05, 3.63) is 63.8 Å². The molecule has 1 aliphatic rings. The number of thiophene rings is 1. The van der Waals surface area contributed by atoms with Gasteiger partial charge in [0.1, 0.15) is 27.1 Å². The number of methoxy groups -OCH3 is 2. The summed E-state index contributed by atoms with van der Waals surface area (Å²) in [5.74, 6) is -0.392. The maximum Gasteiger partial charge on any atom is 0.280 e. The van der Waals surface area contributed by atoms with Crippen LogP contribution in [0, 0.1) is 0 Å². The molecule has 0 saturated heterocycles. The fourth-order valence-electron chi connectivity index (χ4n) is 3.12. The van der Waals surface area contributed by atoms with Gasteiger partial charge in [-0.3, -0.25) is 24.2 Å². The predicted molar refractivity (Wildman–Crippen MR) is 118 cm³/mol. The molecule has 12 heteroatoms. The van der Waals surface area contributed by atoms with E-state index < -0.39 is 21.8 Å². The number of carbonyl (C=O) groups excluding carboxylic acids is 2. The number of benzene rings is 1. The van der Waals surface area contributed by atoms with Gasteiger partial charge in [-0.05, 0) is 24.3 Å². The van der Waals surface area contributed by atoms with Gasteiger partial charge in [-0.25, -0.2) is 8.42 Å². The van der Waals surface area contributed by atoms with Gasteiger partial charge in [0, 0.05) is 23.2 Å². The van der Waals surface area contributed by atoms with Crippen molar-refractivity contribution in [2.75, 3.05) is 18.9 Å². The second kappa shape index (κ2) is 8.41. The summed E-state index contributed by atoms with van der Waals surface area (Å²) in [5.41, 5.74) is 0.381. The standard InChI is InChI=1S/C20H16ClN3O6S2/c1-29-11-8-14(21)18(15(9-11)30-2)23-32(27,28)16-6-5-12(31-16)10-24-19(25)13-4-3-7-22-17(13)20(24)26/h3-9,23H,10H2,1-2H3. The summed E-state index contributed by atoms with van der Waals surface area (Å²) in [7, 11) is -1.19. The monoisotopic (exact) mass is 493 g/mol. The normalized spacial score (nSPS) is 13.3. The zero-order valence-corrected chi connectivity index (χ0v) is 19.2. The second-order valence-corrected chi connectivity index (χ2v) is 10.1. The molecule has 1 N–H and O–H groups in total. The number of sulfonamides is 1. The summed E-state index contributed by atoms with van der Waals surface area (Å²) >= 11 is 7.14. The largest absolute Gasteiger partial charge is 0.497 e. The van der Waals surface area contributed by atoms with Gasteiger partial charge < -0.3 is 9.47 Å². The Morgan fingerprint density at radius 3 is 2.59 bits per heavy atom. The number of carbonyl (C=O) groups is 2. The van der Waals surface area contributed by atoms with Crippen molar-refractivity contribution in [3.63, 3.8) is 0 Å². The molecule has 0 unspecified atom stereocenters. The van der Waals surface area contributed by atoms with Gasteiger partial charge in [-0.1, -0.05) is 11.6 Å². The molecular formula is C20H16ClN3O6S2. The summed E-state index contributed by atoms with van der Waals surface area (Å²) in [6.45, 7) is -0.0686. The number of hydrogen-bond acceptors (Lipinski definition) is 8. The molecule has 0 saturated carbocycles. The van der Waals surface area contributed by atoms with Crippen LogP contribution in [0.4, 0.5) is 5.69 Å². The van der Waals surface area contributed by atoms with Crippen molar-refractivity contribution >= 4 is 50.5 Å². The lowest BCUT2D eigenvalue weighted by atomic mass is 10.2. The first-order chi connectivity index (χ1) is 15.2. The minimum Gasteiger partial charge on any atom is -0.497 e. The van der Waals surface area contributed by atoms with Crippen LogP contribution in [-0.4, -0.2) is 44.3 Å². The van der Waals surface area contributed by atoms with E-state index in [2.05, 4.69) is 9.71 Å². The predicted octanol–water partition coefficient (Wildman–Crippen LogP) is 3.41. The zero-order chi connectivity index (χ0) is 23.0. The number of aromatic nitrogens is 1. The van der Waals surface area contributed by atoms with Crippen molar-refractivity contribution in [3.8, 4) is 11.5 Å². The molecule has 9 nitrogen and oxygen atoms in total. The van der Waals surface area contributed by atoms with Gasteiger partial charge in [-0.2, -0.15) is 0 Å². The maximum atomic E-state index is 12.9. The van der Waals surface area contributed by atoms with Gasteiger partial charge in [0.2, 0.25) is 0 Å². The number of pyridine rings is 1. The van der Waals surface area contributed by atoms with E-state index in [1.165, 1.54) is 44.7 Å². The first kappa shape index (κ1) is 22.1. The van der Waals surface area contributed by atoms with Crippen LogP contribution in [-0.2, 0) is 16.6 Å². The first-order valence-electron chi connectivity index (χ1n) is 9.09. The van der Waals surface area contributed by atoms with Gasteiger partial charge in [0.25, 0.3) is 21.8 Å². The lowest BCUT2D eigenvalue weighted by molar-refractivity contribution is 0.0642. The molecule has 0 radical (unpaired) electrons. The third-order valence-electron chi connectivity index (χ3n) is 4.67. The highest BCUT2D eigenvalue weighted by atomic mass is 35.5. The van der Waals surface area contributed by atoms with Gasteiger partial charge >= 0.3 is 0 Å². The summed E-state index contributed by atoms with van der Waals surface area (Å²) in [5, 5.41) is 0.0973. The number of ether oxygens (including phenoxy) is 2. The molecule has 4 rings (SSSR count). The minimum atomic E-state index is -4.02. The van der Waals surface area contributed by atoms with Gasteiger partial charge in [0.15, 0.2) is 0 Å². The molecule has 0 fully saturated rings. The number of hydrogen-bond donors (Lipinski definition) is 1. The number of imide groups is 1. The lowest BCUT2D eigenvalue weighted by Gasteiger charge is -2.14. The average Bonchev–Trinajstić information content (AvgIpc) is 3.35. The Kier molecular flexibility index (Phi) is 5.80. The van der Waals surface area contributed by atoms with Crippen LogP contribution in [0.15, 0.2) is 46.8 Å². The highest BCUT2D eigenvalue weighted by Gasteiger charge is 2.37. The minimum absolute atomic E-state index is 0.0174. The van der Waals surface area contributed by atoms with E-state index >= 15 is 0 Å². The van der Waals surface area contributed by atoms with Crippen molar-refractivity contribution < 1.29 is 27.5 Å². The highest BCUT2D eigenvalue weighted by molar-refractivity contribution is 7.94. The third kappa shape index (κ3) is 3.90. The molecule has 0 spiro atoms. The number of rotatable bonds is 7. The van der Waals surface area contributed by atoms with Crippen molar-refractivity contribution in [2.24, 2.45) is 0 Å². The Labute approximate surface area is 192 Å². The first-order valence-corrected chi connectivity index (χ1v) is 11.8. The maximum absolute atomic E-state index is 12.9. The number of amides is 2. The molecule has 1 aliphatic heterocycles. The Bertz CT molecular complexity index is 1300. The quantitative estimate of drug-likeness (QED) is 0.501. The van der Waals surface area contributed by atoms with E-state index in [4.69, 9.17) is 21.1 Å². The average molecular weight is 494 g/mol. The van der Waals surface area contributed by atoms with Crippen molar-refractivity contribution in [2.45, 2.75) is 10.8 Å². The Balaban J connectivity index is 1.57. The molecule has 3 heterocycles. The molecule has 32 heavy (non-hydrogen) atoms. The zero-order valence-electron chi connectivity index (χ0n) is 16.8. The SMILES string of the molecule is COc1cc(Cl)c(NS(=O)(=O)c2ccc(CN3C(=O)c4cccnc4C3=O)s2)c(OC)c1. The summed E-state index contributed by atoms with van der Waals surface area (Å²) in [6, 6.07) is 9.00. The van der Waals surface area contributed by atoms with Crippen LogP contribution in [0.25, 0.3) is 0 Å². The Hall–Kier alpha value is -3.15. The molecule has 2 amide bonds. The van der Waals surface area contributed by atoms with Crippen molar-refractivity contribution in [1.29, 1.82) is 0 Å². The van der Waals surface area contributed by atoms with E-state index in [1.54, 1.807) is 12.1 Å². The summed E-state index contributed by atoms with van der Waals surface area (Å²) < 4.78 is 38.6. The number of nitrogens with one attached hydrogen (secondary N) is 1. The molecule has 3 aromatic rings. The lowest BCUT2D eigenvalue weighted by Crippen LogP contribution is -2.28. The number of halogens is 1. The van der Waals surface area contributed by atoms with Crippen LogP contribution in [0.3, 0.4) is 0 Å². The van der Waals surface area contributed by atoms with E-state index in [0.717, 1.165) is 16.2 Å². The molecule has 1 aromatic carbocycles. The Morgan fingerprint density at radius 2 is 1.91 bits per heavy atom. The molecule has 0 aliphatic carbocycles. The third-order valence-corrected chi connectivity index (χ3v) is 7.88. The number of nitrogens with zero attached hydrogens (tertiary/aromatic N) is 2. The Morgan fingerprint density at radius 1 is 1.12 bits per heavy atom. The molecule has 2 aromatic heterocycles. The van der Waals surface area contributed by atoms with Gasteiger partial charge in [-0.15, -0.1) is 11.3 Å². The molecule has 0 bridgehead atoms. The van der Waals surface area contributed by atoms with Crippen LogP contribution >= 0.6 is 22.9 Å². The van der Waals surface area contributed by atoms with Crippen LogP contribution in [0.1, 0.15) is 25.7 Å². The van der Waals surface area contributed by atoms with E-state index in [-0.39, 0.29) is 38.5 Å². The number of anilines is 1. The van der Waals surface area contributed by atoms with Gasteiger partial charge in [0.05, 0.1) is 31.4 Å². The fourth-order valence-corrected chi connectivity index (χ4v) is 5.86. The van der Waals surface area contributed by atoms with Crippen LogP contribution in [0.5, 0.6) is 11.5 Å².